The van der Waals surface area contributed by atoms with Crippen LogP contribution < -0.4 is 4.74 Å². The first-order chi connectivity index (χ1) is 14.6. The fourth-order valence-electron chi connectivity index (χ4n) is 4.28. The number of hydrogen-bond acceptors (Lipinski definition) is 4. The Balaban J connectivity index is 1.25. The van der Waals surface area contributed by atoms with Gasteiger partial charge in [0.15, 0.2) is 0 Å². The van der Waals surface area contributed by atoms with Crippen molar-refractivity contribution in [1.82, 2.24) is 19.2 Å². The van der Waals surface area contributed by atoms with Gasteiger partial charge in [0.05, 0.1) is 7.11 Å². The van der Waals surface area contributed by atoms with Crippen LogP contribution in [0.15, 0.2) is 54.9 Å². The Labute approximate surface area is 178 Å². The number of rotatable bonds is 7. The molecule has 2 aromatic heterocycles. The van der Waals surface area contributed by atoms with Crippen molar-refractivity contribution in [2.24, 2.45) is 5.92 Å². The lowest BCUT2D eigenvalue weighted by Gasteiger charge is -2.33. The molecular weight excluding hydrogens is 376 g/mol. The van der Waals surface area contributed by atoms with Gasteiger partial charge in [0.25, 0.3) is 5.91 Å². The molecule has 3 aromatic rings. The third-order valence-corrected chi connectivity index (χ3v) is 6.06. The van der Waals surface area contributed by atoms with E-state index in [-0.39, 0.29) is 5.91 Å². The number of nitrogens with zero attached hydrogens (tertiary/aromatic N) is 4. The third kappa shape index (κ3) is 4.65. The summed E-state index contributed by atoms with van der Waals surface area (Å²) in [6, 6.07) is 14.0. The minimum absolute atomic E-state index is 0.00250. The molecule has 6 nitrogen and oxygen atoms in total. The van der Waals surface area contributed by atoms with Gasteiger partial charge in [0.1, 0.15) is 17.1 Å². The Morgan fingerprint density at radius 1 is 1.17 bits per heavy atom. The molecule has 4 rings (SSSR count). The quantitative estimate of drug-likeness (QED) is 0.604. The van der Waals surface area contributed by atoms with E-state index in [0.29, 0.717) is 11.6 Å². The number of hydrogen-bond donors (Lipinski definition) is 0. The van der Waals surface area contributed by atoms with Crippen LogP contribution in [0.1, 0.15) is 28.9 Å². The first kappa shape index (κ1) is 20.4. The minimum Gasteiger partial charge on any atom is -0.496 e. The molecule has 1 amide bonds. The Kier molecular flexibility index (Phi) is 6.33. The maximum absolute atomic E-state index is 12.8. The second-order valence-corrected chi connectivity index (χ2v) is 8.12. The summed E-state index contributed by atoms with van der Waals surface area (Å²) in [5.41, 5.74) is 2.58. The van der Waals surface area contributed by atoms with E-state index >= 15 is 0 Å². The average Bonchev–Trinajstić information content (AvgIpc) is 3.22. The lowest BCUT2D eigenvalue weighted by Crippen LogP contribution is -2.40. The molecule has 1 aliphatic rings. The van der Waals surface area contributed by atoms with Gasteiger partial charge in [-0.3, -0.25) is 4.79 Å². The van der Waals surface area contributed by atoms with Crippen molar-refractivity contribution in [3.63, 3.8) is 0 Å². The minimum atomic E-state index is -0.00250. The molecule has 0 N–H and O–H groups in total. The molecule has 158 valence electrons. The van der Waals surface area contributed by atoms with Crippen LogP contribution in [-0.4, -0.2) is 65.4 Å². The molecule has 1 aliphatic heterocycles. The molecule has 0 unspecified atom stereocenters. The molecule has 30 heavy (non-hydrogen) atoms. The lowest BCUT2D eigenvalue weighted by molar-refractivity contribution is 0.0735. The summed E-state index contributed by atoms with van der Waals surface area (Å²) in [7, 11) is 3.62. The van der Waals surface area contributed by atoms with Crippen molar-refractivity contribution >= 4 is 11.6 Å². The fraction of sp³-hybridized carbons (Fsp3) is 0.417. The summed E-state index contributed by atoms with van der Waals surface area (Å²) >= 11 is 0. The number of likely N-dealkylation sites (tertiary alicyclic amines) is 1. The Hall–Kier alpha value is -2.86. The summed E-state index contributed by atoms with van der Waals surface area (Å²) in [6.07, 6.45) is 6.97. The van der Waals surface area contributed by atoms with E-state index in [2.05, 4.69) is 22.0 Å². The standard InChI is InChI=1S/C24H30N4O2/c1-26(24(29)21-18-28-13-6-5-9-23(28)25-21)17-19-10-14-27(15-11-19)16-12-20-7-3-4-8-22(20)30-2/h3-9,13,18-19H,10-12,14-17H2,1-2H3. The first-order valence-corrected chi connectivity index (χ1v) is 10.7. The van der Waals surface area contributed by atoms with E-state index in [1.807, 2.05) is 59.1 Å². The van der Waals surface area contributed by atoms with Crippen LogP contribution in [0.2, 0.25) is 0 Å². The number of ether oxygens (including phenoxy) is 1. The second-order valence-electron chi connectivity index (χ2n) is 8.12. The summed E-state index contributed by atoms with van der Waals surface area (Å²) in [6.45, 7) is 3.99. The number of benzene rings is 1. The zero-order chi connectivity index (χ0) is 20.9. The highest BCUT2D eigenvalue weighted by atomic mass is 16.5. The number of carbonyl (C=O) groups excluding carboxylic acids is 1. The smallest absolute Gasteiger partial charge is 0.273 e. The molecular formula is C24H30N4O2. The average molecular weight is 407 g/mol. The zero-order valence-electron chi connectivity index (χ0n) is 17.8. The van der Waals surface area contributed by atoms with Crippen molar-refractivity contribution in [1.29, 1.82) is 0 Å². The number of aromatic nitrogens is 2. The Morgan fingerprint density at radius 3 is 2.70 bits per heavy atom. The summed E-state index contributed by atoms with van der Waals surface area (Å²) in [5, 5.41) is 0. The van der Waals surface area contributed by atoms with E-state index < -0.39 is 0 Å². The van der Waals surface area contributed by atoms with Crippen LogP contribution in [-0.2, 0) is 6.42 Å². The molecule has 0 saturated carbocycles. The van der Waals surface area contributed by atoms with E-state index in [0.717, 1.165) is 56.8 Å². The number of amides is 1. The van der Waals surface area contributed by atoms with Crippen LogP contribution in [0.5, 0.6) is 5.75 Å². The lowest BCUT2D eigenvalue weighted by atomic mass is 9.96. The van der Waals surface area contributed by atoms with Crippen molar-refractivity contribution < 1.29 is 9.53 Å². The topological polar surface area (TPSA) is 50.1 Å². The number of carbonyl (C=O) groups is 1. The highest BCUT2D eigenvalue weighted by molar-refractivity contribution is 5.92. The number of methoxy groups -OCH3 is 1. The molecule has 3 heterocycles. The largest absolute Gasteiger partial charge is 0.496 e. The number of pyridine rings is 1. The van der Waals surface area contributed by atoms with Crippen LogP contribution in [0, 0.1) is 5.92 Å². The van der Waals surface area contributed by atoms with Gasteiger partial charge >= 0.3 is 0 Å². The SMILES string of the molecule is COc1ccccc1CCN1CCC(CN(C)C(=O)c2cn3ccccc3n2)CC1. The normalized spacial score (nSPS) is 15.4. The number of piperidine rings is 1. The van der Waals surface area contributed by atoms with Gasteiger partial charge in [0.2, 0.25) is 0 Å². The monoisotopic (exact) mass is 406 g/mol. The number of imidazole rings is 1. The third-order valence-electron chi connectivity index (χ3n) is 6.06. The van der Waals surface area contributed by atoms with Crippen molar-refractivity contribution in [2.45, 2.75) is 19.3 Å². The summed E-state index contributed by atoms with van der Waals surface area (Å²) in [5.74, 6) is 1.51. The van der Waals surface area contributed by atoms with Crippen molar-refractivity contribution in [3.8, 4) is 5.75 Å². The van der Waals surface area contributed by atoms with Gasteiger partial charge in [-0.05, 0) is 62.0 Å². The van der Waals surface area contributed by atoms with E-state index in [4.69, 9.17) is 4.74 Å². The fourth-order valence-corrected chi connectivity index (χ4v) is 4.28. The van der Waals surface area contributed by atoms with Crippen LogP contribution >= 0.6 is 0 Å². The predicted molar refractivity (Wildman–Crippen MR) is 118 cm³/mol. The Bertz CT molecular complexity index is 959. The van der Waals surface area contributed by atoms with Gasteiger partial charge in [-0.1, -0.05) is 24.3 Å². The number of fused-ring (bicyclic) bond motifs is 1. The van der Waals surface area contributed by atoms with Gasteiger partial charge < -0.3 is 18.9 Å². The van der Waals surface area contributed by atoms with Gasteiger partial charge in [-0.2, -0.15) is 0 Å². The molecule has 0 bridgehead atoms. The second kappa shape index (κ2) is 9.30. The van der Waals surface area contributed by atoms with Crippen molar-refractivity contribution in [2.75, 3.05) is 40.3 Å². The molecule has 0 atom stereocenters. The molecule has 1 saturated heterocycles. The summed E-state index contributed by atoms with van der Waals surface area (Å²) in [4.78, 5) is 21.6. The molecule has 6 heteroatoms. The van der Waals surface area contributed by atoms with Crippen LogP contribution in [0.25, 0.3) is 5.65 Å². The van der Waals surface area contributed by atoms with E-state index in [1.54, 1.807) is 7.11 Å². The Morgan fingerprint density at radius 2 is 1.93 bits per heavy atom. The maximum atomic E-state index is 12.8. The highest BCUT2D eigenvalue weighted by Crippen LogP contribution is 2.22. The molecule has 1 fully saturated rings. The van der Waals surface area contributed by atoms with Crippen LogP contribution in [0.4, 0.5) is 0 Å². The van der Waals surface area contributed by atoms with Gasteiger partial charge in [0, 0.05) is 32.5 Å². The number of para-hydroxylation sites is 1. The zero-order valence-corrected chi connectivity index (χ0v) is 17.8. The van der Waals surface area contributed by atoms with Gasteiger partial charge in [-0.15, -0.1) is 0 Å². The predicted octanol–water partition coefficient (Wildman–Crippen LogP) is 3.37. The van der Waals surface area contributed by atoms with Crippen molar-refractivity contribution in [3.05, 3.63) is 66.1 Å². The molecule has 0 spiro atoms. The van der Waals surface area contributed by atoms with Gasteiger partial charge in [-0.25, -0.2) is 4.98 Å². The van der Waals surface area contributed by atoms with Crippen LogP contribution in [0.3, 0.4) is 0 Å². The molecule has 0 radical (unpaired) electrons. The molecule has 1 aromatic carbocycles. The summed E-state index contributed by atoms with van der Waals surface area (Å²) < 4.78 is 7.35. The maximum Gasteiger partial charge on any atom is 0.273 e. The first-order valence-electron chi connectivity index (χ1n) is 10.7. The van der Waals surface area contributed by atoms with E-state index in [1.165, 1.54) is 5.56 Å². The molecule has 0 aliphatic carbocycles. The highest BCUT2D eigenvalue weighted by Gasteiger charge is 2.23. The van der Waals surface area contributed by atoms with E-state index in [9.17, 15) is 4.79 Å².